The van der Waals surface area contributed by atoms with Crippen LogP contribution in [-0.2, 0) is 6.54 Å². The van der Waals surface area contributed by atoms with Gasteiger partial charge in [0.2, 0.25) is 0 Å². The monoisotopic (exact) mass is 244 g/mol. The van der Waals surface area contributed by atoms with E-state index in [9.17, 15) is 0 Å². The van der Waals surface area contributed by atoms with Crippen LogP contribution in [0.15, 0.2) is 36.7 Å². The zero-order valence-electron chi connectivity index (χ0n) is 10.8. The highest BCUT2D eigenvalue weighted by atomic mass is 15.2. The van der Waals surface area contributed by atoms with Crippen LogP contribution < -0.4 is 5.32 Å². The molecule has 96 valence electrons. The number of aromatic amines is 1. The van der Waals surface area contributed by atoms with E-state index in [1.165, 1.54) is 18.4 Å². The highest BCUT2D eigenvalue weighted by Crippen LogP contribution is 2.19. The van der Waals surface area contributed by atoms with Gasteiger partial charge in [-0.2, -0.15) is 5.10 Å². The van der Waals surface area contributed by atoms with Gasteiger partial charge in [0.1, 0.15) is 12.2 Å². The second-order valence-electron chi connectivity index (χ2n) is 4.42. The van der Waals surface area contributed by atoms with Gasteiger partial charge in [-0.3, -0.25) is 5.10 Å². The van der Waals surface area contributed by atoms with Crippen LogP contribution in [0.1, 0.15) is 43.6 Å². The third-order valence-corrected chi connectivity index (χ3v) is 3.03. The van der Waals surface area contributed by atoms with Gasteiger partial charge in [-0.25, -0.2) is 4.98 Å². The van der Waals surface area contributed by atoms with Crippen LogP contribution in [0.25, 0.3) is 0 Å². The molecule has 0 spiro atoms. The largest absolute Gasteiger partial charge is 0.303 e. The van der Waals surface area contributed by atoms with Crippen LogP contribution in [0, 0.1) is 0 Å². The number of benzene rings is 1. The lowest BCUT2D eigenvalue weighted by Crippen LogP contribution is -2.21. The lowest BCUT2D eigenvalue weighted by Gasteiger charge is -2.18. The van der Waals surface area contributed by atoms with E-state index in [4.69, 9.17) is 0 Å². The van der Waals surface area contributed by atoms with Crippen molar-refractivity contribution in [3.63, 3.8) is 0 Å². The van der Waals surface area contributed by atoms with Crippen LogP contribution in [0.5, 0.6) is 0 Å². The Kier molecular flexibility index (Phi) is 4.90. The molecule has 0 radical (unpaired) electrons. The molecule has 2 rings (SSSR count). The molecule has 1 heterocycles. The van der Waals surface area contributed by atoms with Gasteiger partial charge < -0.3 is 5.32 Å². The highest BCUT2D eigenvalue weighted by molar-refractivity contribution is 5.18. The minimum absolute atomic E-state index is 0.385. The molecule has 1 aromatic heterocycles. The molecule has 2 aromatic rings. The molecule has 0 saturated heterocycles. The SMILES string of the molecule is CCCCC(NCc1ncn[nH]1)c1ccccc1. The third-order valence-electron chi connectivity index (χ3n) is 3.03. The van der Waals surface area contributed by atoms with E-state index in [1.807, 2.05) is 0 Å². The van der Waals surface area contributed by atoms with E-state index in [2.05, 4.69) is 57.8 Å². The lowest BCUT2D eigenvalue weighted by atomic mass is 10.0. The van der Waals surface area contributed by atoms with Gasteiger partial charge in [-0.05, 0) is 12.0 Å². The van der Waals surface area contributed by atoms with Gasteiger partial charge in [0.15, 0.2) is 0 Å². The molecular formula is C14H20N4. The minimum atomic E-state index is 0.385. The number of rotatable bonds is 7. The molecule has 18 heavy (non-hydrogen) atoms. The lowest BCUT2D eigenvalue weighted by molar-refractivity contribution is 0.473. The van der Waals surface area contributed by atoms with Crippen LogP contribution in [-0.4, -0.2) is 15.2 Å². The van der Waals surface area contributed by atoms with Crippen LogP contribution in [0.2, 0.25) is 0 Å². The molecule has 4 nitrogen and oxygen atoms in total. The van der Waals surface area contributed by atoms with E-state index in [1.54, 1.807) is 6.33 Å². The van der Waals surface area contributed by atoms with Crippen molar-refractivity contribution in [2.45, 2.75) is 38.8 Å². The van der Waals surface area contributed by atoms with Gasteiger partial charge in [-0.15, -0.1) is 0 Å². The summed E-state index contributed by atoms with van der Waals surface area (Å²) >= 11 is 0. The van der Waals surface area contributed by atoms with Crippen molar-refractivity contribution in [3.05, 3.63) is 48.0 Å². The molecule has 0 amide bonds. The second kappa shape index (κ2) is 6.91. The number of nitrogens with zero attached hydrogens (tertiary/aromatic N) is 2. The summed E-state index contributed by atoms with van der Waals surface area (Å²) in [4.78, 5) is 4.13. The maximum absolute atomic E-state index is 4.13. The fraction of sp³-hybridized carbons (Fsp3) is 0.429. The molecule has 1 atom stereocenters. The van der Waals surface area contributed by atoms with Crippen molar-refractivity contribution in [2.75, 3.05) is 0 Å². The molecule has 0 bridgehead atoms. The standard InChI is InChI=1S/C14H20N4/c1-2-3-9-13(12-7-5-4-6-8-12)15-10-14-16-11-17-18-14/h4-8,11,13,15H,2-3,9-10H2,1H3,(H,16,17,18). The van der Waals surface area contributed by atoms with Crippen LogP contribution >= 0.6 is 0 Å². The first-order valence-electron chi connectivity index (χ1n) is 6.52. The number of H-pyrrole nitrogens is 1. The zero-order valence-corrected chi connectivity index (χ0v) is 10.8. The molecule has 4 heteroatoms. The summed E-state index contributed by atoms with van der Waals surface area (Å²) in [5.74, 6) is 0.882. The Hall–Kier alpha value is -1.68. The summed E-state index contributed by atoms with van der Waals surface area (Å²) in [6.45, 7) is 2.95. The van der Waals surface area contributed by atoms with E-state index in [-0.39, 0.29) is 0 Å². The summed E-state index contributed by atoms with van der Waals surface area (Å²) < 4.78 is 0. The molecule has 0 saturated carbocycles. The van der Waals surface area contributed by atoms with E-state index in [0.29, 0.717) is 6.04 Å². The minimum Gasteiger partial charge on any atom is -0.303 e. The summed E-state index contributed by atoms with van der Waals surface area (Å²) in [5, 5.41) is 10.3. The molecule has 2 N–H and O–H groups in total. The van der Waals surface area contributed by atoms with E-state index < -0.39 is 0 Å². The van der Waals surface area contributed by atoms with Crippen molar-refractivity contribution in [1.82, 2.24) is 20.5 Å². The maximum Gasteiger partial charge on any atom is 0.138 e. The molecule has 0 aliphatic rings. The smallest absolute Gasteiger partial charge is 0.138 e. The average molecular weight is 244 g/mol. The average Bonchev–Trinajstić information content (AvgIpc) is 2.93. The van der Waals surface area contributed by atoms with E-state index >= 15 is 0 Å². The Morgan fingerprint density at radius 1 is 1.28 bits per heavy atom. The Labute approximate surface area is 108 Å². The Bertz CT molecular complexity index is 424. The molecule has 1 unspecified atom stereocenters. The van der Waals surface area contributed by atoms with Crippen molar-refractivity contribution in [2.24, 2.45) is 0 Å². The zero-order chi connectivity index (χ0) is 12.6. The third kappa shape index (κ3) is 3.67. The molecular weight excluding hydrogens is 224 g/mol. The highest BCUT2D eigenvalue weighted by Gasteiger charge is 2.10. The topological polar surface area (TPSA) is 53.6 Å². The van der Waals surface area contributed by atoms with Crippen molar-refractivity contribution in [3.8, 4) is 0 Å². The van der Waals surface area contributed by atoms with E-state index in [0.717, 1.165) is 18.8 Å². The predicted octanol–water partition coefficient (Wildman–Crippen LogP) is 2.83. The fourth-order valence-corrected chi connectivity index (χ4v) is 2.02. The Morgan fingerprint density at radius 3 is 2.78 bits per heavy atom. The summed E-state index contributed by atoms with van der Waals surface area (Å²) in [5.41, 5.74) is 1.34. The number of hydrogen-bond donors (Lipinski definition) is 2. The number of nitrogens with one attached hydrogen (secondary N) is 2. The normalized spacial score (nSPS) is 12.5. The summed E-state index contributed by atoms with van der Waals surface area (Å²) in [7, 11) is 0. The molecule has 0 aliphatic carbocycles. The Morgan fingerprint density at radius 2 is 2.11 bits per heavy atom. The van der Waals surface area contributed by atoms with Gasteiger partial charge in [0, 0.05) is 6.04 Å². The first-order chi connectivity index (χ1) is 8.90. The number of aromatic nitrogens is 3. The first-order valence-corrected chi connectivity index (χ1v) is 6.52. The number of unbranched alkanes of at least 4 members (excludes halogenated alkanes) is 1. The molecule has 0 aliphatic heterocycles. The van der Waals surface area contributed by atoms with Gasteiger partial charge >= 0.3 is 0 Å². The van der Waals surface area contributed by atoms with Crippen molar-refractivity contribution >= 4 is 0 Å². The predicted molar refractivity (Wildman–Crippen MR) is 71.9 cm³/mol. The van der Waals surface area contributed by atoms with Gasteiger partial charge in [-0.1, -0.05) is 50.1 Å². The van der Waals surface area contributed by atoms with Gasteiger partial charge in [0.25, 0.3) is 0 Å². The van der Waals surface area contributed by atoms with Crippen LogP contribution in [0.3, 0.4) is 0 Å². The van der Waals surface area contributed by atoms with Crippen molar-refractivity contribution in [1.29, 1.82) is 0 Å². The summed E-state index contributed by atoms with van der Waals surface area (Å²) in [6, 6.07) is 11.0. The first kappa shape index (κ1) is 12.8. The summed E-state index contributed by atoms with van der Waals surface area (Å²) in [6.07, 6.45) is 5.13. The van der Waals surface area contributed by atoms with Crippen molar-refractivity contribution < 1.29 is 0 Å². The van der Waals surface area contributed by atoms with Gasteiger partial charge in [0.05, 0.1) is 6.54 Å². The maximum atomic E-state index is 4.13. The quantitative estimate of drug-likeness (QED) is 0.787. The fourth-order valence-electron chi connectivity index (χ4n) is 2.02. The molecule has 0 fully saturated rings. The van der Waals surface area contributed by atoms with Crippen LogP contribution in [0.4, 0.5) is 0 Å². The molecule has 1 aromatic carbocycles. The second-order valence-corrected chi connectivity index (χ2v) is 4.42. The number of hydrogen-bond acceptors (Lipinski definition) is 3. The Balaban J connectivity index is 1.96.